The van der Waals surface area contributed by atoms with Crippen molar-refractivity contribution in [1.29, 1.82) is 0 Å². The number of hydrogen-bond acceptors (Lipinski definition) is 2. The van der Waals surface area contributed by atoms with Gasteiger partial charge in [0.25, 0.3) is 0 Å². The molecule has 0 bridgehead atoms. The maximum absolute atomic E-state index is 6.11. The molecule has 3 rings (SSSR count). The quantitative estimate of drug-likeness (QED) is 0.869. The number of hydrogen-bond donors (Lipinski definition) is 1. The largest absolute Gasteiger partial charge is 0.369 e. The maximum atomic E-state index is 6.11. The molecule has 0 radical (unpaired) electrons. The van der Waals surface area contributed by atoms with E-state index < -0.39 is 0 Å². The van der Waals surface area contributed by atoms with Crippen molar-refractivity contribution in [1.82, 2.24) is 9.55 Å². The Bertz CT molecular complexity index is 546. The summed E-state index contributed by atoms with van der Waals surface area (Å²) in [6.07, 6.45) is 2.41. The molecule has 3 nitrogen and oxygen atoms in total. The maximum Gasteiger partial charge on any atom is 0.201 e. The van der Waals surface area contributed by atoms with E-state index in [1.165, 1.54) is 12.8 Å². The van der Waals surface area contributed by atoms with Gasteiger partial charge in [-0.15, -0.1) is 0 Å². The van der Waals surface area contributed by atoms with Crippen LogP contribution in [0.2, 0.25) is 5.02 Å². The Balaban J connectivity index is 2.17. The molecule has 1 heterocycles. The van der Waals surface area contributed by atoms with Crippen LogP contribution in [0.5, 0.6) is 0 Å². The third kappa shape index (κ3) is 1.31. The molecule has 1 aliphatic carbocycles. The van der Waals surface area contributed by atoms with Gasteiger partial charge in [-0.3, -0.25) is 0 Å². The van der Waals surface area contributed by atoms with E-state index in [1.807, 2.05) is 18.2 Å². The molecule has 1 aromatic carbocycles. The van der Waals surface area contributed by atoms with E-state index >= 15 is 0 Å². The molecule has 2 unspecified atom stereocenters. The molecular weight excluding hydrogens is 222 g/mol. The topological polar surface area (TPSA) is 43.8 Å². The molecular formula is C12H14ClN3. The Morgan fingerprint density at radius 2 is 2.38 bits per heavy atom. The van der Waals surface area contributed by atoms with Gasteiger partial charge >= 0.3 is 0 Å². The molecule has 1 aromatic heterocycles. The minimum atomic E-state index is 0.522. The molecule has 0 aliphatic heterocycles. The second-order valence-corrected chi connectivity index (χ2v) is 4.83. The van der Waals surface area contributed by atoms with E-state index in [4.69, 9.17) is 17.3 Å². The minimum absolute atomic E-state index is 0.522. The second kappa shape index (κ2) is 3.39. The van der Waals surface area contributed by atoms with Crippen molar-refractivity contribution < 1.29 is 0 Å². The zero-order valence-corrected chi connectivity index (χ0v) is 9.91. The van der Waals surface area contributed by atoms with E-state index in [-0.39, 0.29) is 0 Å². The van der Waals surface area contributed by atoms with Crippen LogP contribution in [0.15, 0.2) is 18.2 Å². The van der Waals surface area contributed by atoms with Gasteiger partial charge in [0.15, 0.2) is 0 Å². The molecule has 2 aromatic rings. The summed E-state index contributed by atoms with van der Waals surface area (Å²) in [5.41, 5.74) is 7.86. The molecule has 1 aliphatic rings. The number of benzene rings is 1. The number of anilines is 1. The van der Waals surface area contributed by atoms with E-state index in [0.29, 0.717) is 17.0 Å². The first-order valence-electron chi connectivity index (χ1n) is 5.64. The molecule has 16 heavy (non-hydrogen) atoms. The van der Waals surface area contributed by atoms with Gasteiger partial charge in [0, 0.05) is 6.04 Å². The molecule has 2 N–H and O–H groups in total. The third-order valence-electron chi connectivity index (χ3n) is 3.44. The lowest BCUT2D eigenvalue weighted by molar-refractivity contribution is 0.661. The summed E-state index contributed by atoms with van der Waals surface area (Å²) in [6, 6.07) is 6.36. The zero-order chi connectivity index (χ0) is 11.3. The van der Waals surface area contributed by atoms with Crippen LogP contribution in [0.4, 0.5) is 5.95 Å². The number of imidazole rings is 1. The van der Waals surface area contributed by atoms with Gasteiger partial charge in [0.2, 0.25) is 5.95 Å². The van der Waals surface area contributed by atoms with Crippen LogP contribution >= 0.6 is 11.6 Å². The summed E-state index contributed by atoms with van der Waals surface area (Å²) in [5, 5.41) is 0.677. The molecule has 1 fully saturated rings. The van der Waals surface area contributed by atoms with Gasteiger partial charge in [-0.1, -0.05) is 31.0 Å². The molecule has 0 amide bonds. The van der Waals surface area contributed by atoms with Gasteiger partial charge < -0.3 is 10.3 Å². The van der Waals surface area contributed by atoms with Gasteiger partial charge in [-0.05, 0) is 24.5 Å². The van der Waals surface area contributed by atoms with Crippen molar-refractivity contribution in [2.24, 2.45) is 5.92 Å². The Kier molecular flexibility index (Phi) is 2.11. The summed E-state index contributed by atoms with van der Waals surface area (Å²) >= 11 is 6.11. The highest BCUT2D eigenvalue weighted by atomic mass is 35.5. The van der Waals surface area contributed by atoms with E-state index in [2.05, 4.69) is 16.5 Å². The number of fused-ring (bicyclic) bond motifs is 1. The van der Waals surface area contributed by atoms with E-state index in [9.17, 15) is 0 Å². The van der Waals surface area contributed by atoms with E-state index in [1.54, 1.807) is 0 Å². The zero-order valence-electron chi connectivity index (χ0n) is 9.15. The minimum Gasteiger partial charge on any atom is -0.369 e. The Morgan fingerprint density at radius 3 is 3.06 bits per heavy atom. The lowest BCUT2D eigenvalue weighted by Gasteiger charge is -2.04. The second-order valence-electron chi connectivity index (χ2n) is 4.42. The summed E-state index contributed by atoms with van der Waals surface area (Å²) in [5.74, 6) is 1.34. The van der Waals surface area contributed by atoms with Crippen LogP contribution in [0.1, 0.15) is 25.8 Å². The standard InChI is InChI=1S/C12H14ClN3/c1-2-7-6-10(7)16-9-5-3-4-8(13)11(9)15-12(16)14/h3-5,7,10H,2,6H2,1H3,(H2,14,15). The van der Waals surface area contributed by atoms with Crippen molar-refractivity contribution in [2.45, 2.75) is 25.8 Å². The Labute approximate surface area is 99.2 Å². The van der Waals surface area contributed by atoms with Crippen molar-refractivity contribution in [2.75, 3.05) is 5.73 Å². The number of para-hydroxylation sites is 1. The van der Waals surface area contributed by atoms with Crippen LogP contribution in [0.25, 0.3) is 11.0 Å². The average molecular weight is 236 g/mol. The summed E-state index contributed by atoms with van der Waals surface area (Å²) < 4.78 is 2.13. The molecule has 0 spiro atoms. The average Bonchev–Trinajstić information content (AvgIpc) is 2.95. The van der Waals surface area contributed by atoms with Crippen LogP contribution in [-0.2, 0) is 0 Å². The fraction of sp³-hybridized carbons (Fsp3) is 0.417. The predicted molar refractivity (Wildman–Crippen MR) is 66.6 cm³/mol. The number of rotatable bonds is 2. The lowest BCUT2D eigenvalue weighted by Crippen LogP contribution is -2.02. The van der Waals surface area contributed by atoms with Crippen LogP contribution in [0.3, 0.4) is 0 Å². The van der Waals surface area contributed by atoms with Gasteiger partial charge in [0.05, 0.1) is 10.5 Å². The van der Waals surface area contributed by atoms with Crippen molar-refractivity contribution >= 4 is 28.6 Å². The monoisotopic (exact) mass is 235 g/mol. The van der Waals surface area contributed by atoms with Crippen LogP contribution < -0.4 is 5.73 Å². The molecule has 84 valence electrons. The SMILES string of the molecule is CCC1CC1n1c(N)nc2c(Cl)cccc21. The van der Waals surface area contributed by atoms with Crippen LogP contribution in [-0.4, -0.2) is 9.55 Å². The highest BCUT2D eigenvalue weighted by Crippen LogP contribution is 2.48. The fourth-order valence-electron chi connectivity index (χ4n) is 2.44. The third-order valence-corrected chi connectivity index (χ3v) is 3.74. The number of halogens is 1. The van der Waals surface area contributed by atoms with Gasteiger partial charge in [-0.25, -0.2) is 4.98 Å². The highest BCUT2D eigenvalue weighted by molar-refractivity contribution is 6.35. The smallest absolute Gasteiger partial charge is 0.201 e. The predicted octanol–water partition coefficient (Wildman–Crippen LogP) is 3.24. The first-order valence-corrected chi connectivity index (χ1v) is 6.02. The van der Waals surface area contributed by atoms with Crippen LogP contribution in [0, 0.1) is 5.92 Å². The first kappa shape index (κ1) is 9.97. The number of nitrogens with zero attached hydrogens (tertiary/aromatic N) is 2. The highest BCUT2D eigenvalue weighted by Gasteiger charge is 2.39. The Hall–Kier alpha value is -1.22. The van der Waals surface area contributed by atoms with Crippen molar-refractivity contribution in [3.05, 3.63) is 23.2 Å². The Morgan fingerprint density at radius 1 is 1.56 bits per heavy atom. The number of nitrogens with two attached hydrogens (primary N) is 1. The van der Waals surface area contributed by atoms with Gasteiger partial charge in [-0.2, -0.15) is 0 Å². The summed E-state index contributed by atoms with van der Waals surface area (Å²) in [6.45, 7) is 2.22. The van der Waals surface area contributed by atoms with E-state index in [0.717, 1.165) is 17.0 Å². The molecule has 2 atom stereocenters. The van der Waals surface area contributed by atoms with Gasteiger partial charge in [0.1, 0.15) is 5.52 Å². The fourth-order valence-corrected chi connectivity index (χ4v) is 2.65. The van der Waals surface area contributed by atoms with Crippen molar-refractivity contribution in [3.63, 3.8) is 0 Å². The summed E-state index contributed by atoms with van der Waals surface area (Å²) in [7, 11) is 0. The van der Waals surface area contributed by atoms with Crippen molar-refractivity contribution in [3.8, 4) is 0 Å². The summed E-state index contributed by atoms with van der Waals surface area (Å²) in [4.78, 5) is 4.35. The molecule has 4 heteroatoms. The number of aromatic nitrogens is 2. The normalized spacial score (nSPS) is 23.9. The lowest BCUT2D eigenvalue weighted by atomic mass is 10.3. The number of nitrogen functional groups attached to an aromatic ring is 1. The molecule has 0 saturated heterocycles. The molecule has 1 saturated carbocycles. The first-order chi connectivity index (χ1) is 7.72.